The number of hydrogen-bond acceptors (Lipinski definition) is 7. The molecule has 0 bridgehead atoms. The Morgan fingerprint density at radius 2 is 1.52 bits per heavy atom. The van der Waals surface area contributed by atoms with Crippen molar-refractivity contribution < 1.29 is 34.4 Å². The van der Waals surface area contributed by atoms with Crippen LogP contribution in [-0.2, 0) is 15.1 Å². The van der Waals surface area contributed by atoms with Crippen LogP contribution in [0.5, 0.6) is 11.5 Å². The average Bonchev–Trinajstić information content (AvgIpc) is 3.06. The average molecular weight is 420 g/mol. The Balaban J connectivity index is 1.85. The molecular weight excluding hydrogens is 400 g/mol. The largest absolute Gasteiger partial charge is 0.508 e. The number of phenolic OH excluding ortho intramolecular Hbond substituents is 2. The maximum Gasteiger partial charge on any atom is 0.340 e. The molecule has 0 fully saturated rings. The molecule has 3 aromatic carbocycles. The van der Waals surface area contributed by atoms with Crippen molar-refractivity contribution in [2.24, 2.45) is 0 Å². The second kappa shape index (κ2) is 7.77. The molecule has 1 aliphatic heterocycles. The first-order chi connectivity index (χ1) is 14.8. The van der Waals surface area contributed by atoms with E-state index in [2.05, 4.69) is 0 Å². The molecule has 1 aliphatic rings. The molecule has 0 saturated carbocycles. The quantitative estimate of drug-likeness (QED) is 0.544. The van der Waals surface area contributed by atoms with Gasteiger partial charge in [0.15, 0.2) is 5.60 Å². The number of carbonyl (C=O) groups excluding carboxylic acids is 2. The van der Waals surface area contributed by atoms with Gasteiger partial charge in [0.2, 0.25) is 0 Å². The van der Waals surface area contributed by atoms with E-state index in [1.165, 1.54) is 43.3 Å². The highest BCUT2D eigenvalue weighted by molar-refractivity contribution is 6.00. The number of aliphatic hydroxyl groups excluding tert-OH is 1. The zero-order chi connectivity index (χ0) is 22.2. The van der Waals surface area contributed by atoms with E-state index in [1.807, 2.05) is 0 Å². The van der Waals surface area contributed by atoms with Gasteiger partial charge in [0.25, 0.3) is 0 Å². The fourth-order valence-electron chi connectivity index (χ4n) is 3.66. The van der Waals surface area contributed by atoms with Crippen LogP contribution < -0.4 is 0 Å². The van der Waals surface area contributed by atoms with Gasteiger partial charge in [0, 0.05) is 16.7 Å². The first kappa shape index (κ1) is 20.4. The number of carbonyl (C=O) groups is 2. The van der Waals surface area contributed by atoms with Crippen molar-refractivity contribution in [2.75, 3.05) is 6.61 Å². The van der Waals surface area contributed by atoms with E-state index in [1.54, 1.807) is 30.3 Å². The van der Waals surface area contributed by atoms with Crippen LogP contribution in [0.1, 0.15) is 44.3 Å². The van der Waals surface area contributed by atoms with E-state index in [-0.39, 0.29) is 29.2 Å². The first-order valence-corrected chi connectivity index (χ1v) is 9.63. The Bertz CT molecular complexity index is 1090. The van der Waals surface area contributed by atoms with E-state index in [4.69, 9.17) is 9.47 Å². The molecule has 31 heavy (non-hydrogen) atoms. The summed E-state index contributed by atoms with van der Waals surface area (Å²) in [6, 6.07) is 17.1. The minimum atomic E-state index is -1.32. The third kappa shape index (κ3) is 3.60. The van der Waals surface area contributed by atoms with Crippen LogP contribution in [0.15, 0.2) is 66.7 Å². The fourth-order valence-corrected chi connectivity index (χ4v) is 3.66. The summed E-state index contributed by atoms with van der Waals surface area (Å²) >= 11 is 0. The monoisotopic (exact) mass is 420 g/mol. The summed E-state index contributed by atoms with van der Waals surface area (Å²) in [6.07, 6.45) is -0.806. The van der Waals surface area contributed by atoms with Gasteiger partial charge < -0.3 is 24.8 Å². The molecule has 7 heteroatoms. The van der Waals surface area contributed by atoms with E-state index in [9.17, 15) is 24.9 Å². The predicted octanol–water partition coefficient (Wildman–Crippen LogP) is 3.10. The first-order valence-electron chi connectivity index (χ1n) is 9.63. The highest BCUT2D eigenvalue weighted by atomic mass is 16.6. The Kier molecular flexibility index (Phi) is 5.12. The second-order valence-electron chi connectivity index (χ2n) is 7.37. The van der Waals surface area contributed by atoms with Crippen molar-refractivity contribution in [1.29, 1.82) is 0 Å². The topological polar surface area (TPSA) is 113 Å². The van der Waals surface area contributed by atoms with Gasteiger partial charge in [-0.1, -0.05) is 30.3 Å². The molecule has 0 saturated heterocycles. The number of aliphatic hydroxyl groups is 1. The lowest BCUT2D eigenvalue weighted by Crippen LogP contribution is -2.29. The summed E-state index contributed by atoms with van der Waals surface area (Å²) in [7, 11) is 0. The second-order valence-corrected chi connectivity index (χ2v) is 7.37. The number of rotatable bonds is 5. The third-order valence-corrected chi connectivity index (χ3v) is 5.10. The maximum absolute atomic E-state index is 12.9. The smallest absolute Gasteiger partial charge is 0.340 e. The maximum atomic E-state index is 12.9. The summed E-state index contributed by atoms with van der Waals surface area (Å²) in [5.41, 5.74) is 0.729. The highest BCUT2D eigenvalue weighted by Gasteiger charge is 2.48. The molecule has 0 radical (unpaired) electrons. The van der Waals surface area contributed by atoms with Crippen LogP contribution in [0.2, 0.25) is 0 Å². The Labute approximate surface area is 178 Å². The number of phenols is 2. The normalized spacial score (nSPS) is 15.1. The molecule has 0 aliphatic carbocycles. The molecule has 4 rings (SSSR count). The van der Waals surface area contributed by atoms with Gasteiger partial charge in [-0.05, 0) is 43.3 Å². The molecule has 1 heterocycles. The molecule has 7 nitrogen and oxygen atoms in total. The lowest BCUT2D eigenvalue weighted by atomic mass is 9.79. The molecule has 158 valence electrons. The van der Waals surface area contributed by atoms with Gasteiger partial charge in [-0.3, -0.25) is 0 Å². The van der Waals surface area contributed by atoms with Gasteiger partial charge in [-0.25, -0.2) is 9.59 Å². The number of benzene rings is 3. The summed E-state index contributed by atoms with van der Waals surface area (Å²) < 4.78 is 10.9. The van der Waals surface area contributed by atoms with Crippen molar-refractivity contribution >= 4 is 11.9 Å². The number of hydrogen-bond donors (Lipinski definition) is 3. The van der Waals surface area contributed by atoms with Crippen molar-refractivity contribution in [1.82, 2.24) is 0 Å². The van der Waals surface area contributed by atoms with E-state index in [0.717, 1.165) is 0 Å². The Morgan fingerprint density at radius 1 is 0.968 bits per heavy atom. The fraction of sp³-hybridized carbons (Fsp3) is 0.167. The molecule has 1 unspecified atom stereocenters. The van der Waals surface area contributed by atoms with Crippen molar-refractivity contribution in [3.63, 3.8) is 0 Å². The highest BCUT2D eigenvalue weighted by Crippen LogP contribution is 2.47. The van der Waals surface area contributed by atoms with Gasteiger partial charge in [0.1, 0.15) is 18.1 Å². The molecule has 0 spiro atoms. The molecule has 0 amide bonds. The van der Waals surface area contributed by atoms with E-state index >= 15 is 0 Å². The SMILES string of the molecule is CC(O)COC(=O)c1ccc2c(c1)C(=O)OC2(c1ccc(O)cc1)c1ccc(O)cc1. The lowest BCUT2D eigenvalue weighted by molar-refractivity contribution is 0.0251. The minimum absolute atomic E-state index is 0.0605. The standard InChI is InChI=1S/C24H20O7/c1-14(25)13-30-22(28)15-2-11-21-20(12-15)23(29)31-24(21,16-3-7-18(26)8-4-16)17-5-9-19(27)10-6-17/h2-12,14,25-27H,13H2,1H3. The molecular formula is C24H20O7. The summed E-state index contributed by atoms with van der Waals surface area (Å²) in [5, 5.41) is 28.7. The van der Waals surface area contributed by atoms with Gasteiger partial charge in [0.05, 0.1) is 17.2 Å². The summed E-state index contributed by atoms with van der Waals surface area (Å²) in [5.74, 6) is -1.17. The predicted molar refractivity (Wildman–Crippen MR) is 110 cm³/mol. The summed E-state index contributed by atoms with van der Waals surface area (Å²) in [6.45, 7) is 1.34. The lowest BCUT2D eigenvalue weighted by Gasteiger charge is -2.30. The Hall–Kier alpha value is -3.84. The Morgan fingerprint density at radius 3 is 2.03 bits per heavy atom. The van der Waals surface area contributed by atoms with Crippen LogP contribution in [0.4, 0.5) is 0 Å². The van der Waals surface area contributed by atoms with Crippen molar-refractivity contribution in [3.8, 4) is 11.5 Å². The van der Waals surface area contributed by atoms with Gasteiger partial charge in [-0.2, -0.15) is 0 Å². The van der Waals surface area contributed by atoms with Crippen LogP contribution >= 0.6 is 0 Å². The molecule has 3 aromatic rings. The number of aromatic hydroxyl groups is 2. The zero-order valence-corrected chi connectivity index (χ0v) is 16.6. The van der Waals surface area contributed by atoms with Crippen molar-refractivity contribution in [2.45, 2.75) is 18.6 Å². The van der Waals surface area contributed by atoms with Crippen LogP contribution in [0.25, 0.3) is 0 Å². The van der Waals surface area contributed by atoms with Gasteiger partial charge in [-0.15, -0.1) is 0 Å². The molecule has 1 atom stereocenters. The molecule has 3 N–H and O–H groups in total. The minimum Gasteiger partial charge on any atom is -0.508 e. The van der Waals surface area contributed by atoms with E-state index in [0.29, 0.717) is 16.7 Å². The van der Waals surface area contributed by atoms with Gasteiger partial charge >= 0.3 is 11.9 Å². The number of ether oxygens (including phenoxy) is 2. The third-order valence-electron chi connectivity index (χ3n) is 5.10. The number of esters is 2. The van der Waals surface area contributed by atoms with E-state index < -0.39 is 23.6 Å². The summed E-state index contributed by atoms with van der Waals surface area (Å²) in [4.78, 5) is 25.2. The van der Waals surface area contributed by atoms with Crippen LogP contribution in [-0.4, -0.2) is 40.0 Å². The van der Waals surface area contributed by atoms with Crippen LogP contribution in [0, 0.1) is 0 Å². The van der Waals surface area contributed by atoms with Crippen LogP contribution in [0.3, 0.4) is 0 Å². The number of cyclic esters (lactones) is 1. The zero-order valence-electron chi connectivity index (χ0n) is 16.6. The molecule has 0 aromatic heterocycles. The number of fused-ring (bicyclic) bond motifs is 1. The van der Waals surface area contributed by atoms with Crippen molar-refractivity contribution in [3.05, 3.63) is 94.5 Å².